The van der Waals surface area contributed by atoms with Gasteiger partial charge in [-0.15, -0.1) is 0 Å². The van der Waals surface area contributed by atoms with E-state index in [0.29, 0.717) is 32.0 Å². The molecule has 32 heavy (non-hydrogen) atoms. The third-order valence-corrected chi connectivity index (χ3v) is 5.66. The van der Waals surface area contributed by atoms with Crippen LogP contribution in [0, 0.1) is 0 Å². The number of hydrogen-bond acceptors (Lipinski definition) is 4. The number of nitrogens with zero attached hydrogens (tertiary/aromatic N) is 3. The summed E-state index contributed by atoms with van der Waals surface area (Å²) in [5.74, 6) is 1.63. The lowest BCUT2D eigenvalue weighted by molar-refractivity contribution is -0.121. The van der Waals surface area contributed by atoms with Crippen LogP contribution in [0.1, 0.15) is 24.8 Å². The van der Waals surface area contributed by atoms with Crippen molar-refractivity contribution in [3.8, 4) is 5.75 Å². The Morgan fingerprint density at radius 3 is 2.62 bits per heavy atom. The van der Waals surface area contributed by atoms with E-state index in [1.165, 1.54) is 0 Å². The minimum absolute atomic E-state index is 0.0229. The van der Waals surface area contributed by atoms with E-state index in [0.717, 1.165) is 42.1 Å². The van der Waals surface area contributed by atoms with Crippen LogP contribution >= 0.6 is 0 Å². The molecule has 2 aromatic carbocycles. The number of amides is 2. The number of carbonyl (C=O) groups excluding carboxylic acids is 2. The lowest BCUT2D eigenvalue weighted by Crippen LogP contribution is -2.41. The molecular formula is C24H29N5O3. The highest BCUT2D eigenvalue weighted by atomic mass is 16.5. The van der Waals surface area contributed by atoms with E-state index < -0.39 is 0 Å². The molecule has 0 saturated carbocycles. The van der Waals surface area contributed by atoms with Crippen LogP contribution in [0.2, 0.25) is 0 Å². The fourth-order valence-corrected chi connectivity index (χ4v) is 3.96. The van der Waals surface area contributed by atoms with Gasteiger partial charge in [-0.05, 0) is 42.7 Å². The molecule has 0 spiro atoms. The maximum atomic E-state index is 12.2. The monoisotopic (exact) mass is 435 g/mol. The fourth-order valence-electron chi connectivity index (χ4n) is 3.96. The maximum Gasteiger partial charge on any atom is 0.265 e. The van der Waals surface area contributed by atoms with Gasteiger partial charge < -0.3 is 25.2 Å². The van der Waals surface area contributed by atoms with Crippen molar-refractivity contribution in [2.75, 3.05) is 43.1 Å². The first kappa shape index (κ1) is 21.7. The fraction of sp³-hybridized carbons (Fsp3) is 0.375. The molecule has 8 nitrogen and oxygen atoms in total. The molecule has 2 aromatic rings. The second kappa shape index (κ2) is 10.2. The topological polar surface area (TPSA) is 86.3 Å². The largest absolute Gasteiger partial charge is 0.482 e. The first-order valence-corrected chi connectivity index (χ1v) is 11.0. The van der Waals surface area contributed by atoms with Gasteiger partial charge in [0.2, 0.25) is 5.91 Å². The molecule has 1 fully saturated rings. The standard InChI is InChI=1S/C24H29N5O3/c1-25-24(27-16-18-9-11-19(12-10-18)28-14-4-8-22(28)30)26-13-5-15-29-20-6-2-3-7-21(20)32-17-23(29)31/h2-3,6-7,9-12H,4-5,8,13-17H2,1H3,(H2,25,26,27). The molecule has 0 aliphatic carbocycles. The van der Waals surface area contributed by atoms with Gasteiger partial charge in [-0.2, -0.15) is 0 Å². The third kappa shape index (κ3) is 5.01. The molecule has 168 valence electrons. The zero-order chi connectivity index (χ0) is 22.3. The van der Waals surface area contributed by atoms with E-state index in [2.05, 4.69) is 15.6 Å². The van der Waals surface area contributed by atoms with Crippen molar-refractivity contribution in [3.63, 3.8) is 0 Å². The van der Waals surface area contributed by atoms with Crippen molar-refractivity contribution in [1.82, 2.24) is 10.6 Å². The highest BCUT2D eigenvalue weighted by molar-refractivity contribution is 5.97. The Morgan fingerprint density at radius 1 is 1.06 bits per heavy atom. The van der Waals surface area contributed by atoms with Crippen molar-refractivity contribution in [1.29, 1.82) is 0 Å². The van der Waals surface area contributed by atoms with Gasteiger partial charge in [0, 0.05) is 45.3 Å². The number of aliphatic imine (C=N–C) groups is 1. The molecule has 2 aliphatic heterocycles. The molecule has 2 N–H and O–H groups in total. The number of anilines is 2. The molecular weight excluding hydrogens is 406 g/mol. The Kier molecular flexibility index (Phi) is 6.89. The maximum absolute atomic E-state index is 12.2. The highest BCUT2D eigenvalue weighted by Crippen LogP contribution is 2.31. The number of nitrogens with one attached hydrogen (secondary N) is 2. The van der Waals surface area contributed by atoms with E-state index in [-0.39, 0.29) is 18.4 Å². The minimum Gasteiger partial charge on any atom is -0.482 e. The molecule has 2 heterocycles. The normalized spacial score (nSPS) is 16.1. The highest BCUT2D eigenvalue weighted by Gasteiger charge is 2.24. The molecule has 4 rings (SSSR count). The number of rotatable bonds is 7. The molecule has 2 amide bonds. The summed E-state index contributed by atoms with van der Waals surface area (Å²) in [6.45, 7) is 2.80. The first-order valence-electron chi connectivity index (χ1n) is 11.0. The van der Waals surface area contributed by atoms with Gasteiger partial charge in [-0.25, -0.2) is 0 Å². The SMILES string of the molecule is CN=C(NCCCN1C(=O)COc2ccccc21)NCc1ccc(N2CCCC2=O)cc1. The van der Waals surface area contributed by atoms with Crippen LogP contribution < -0.4 is 25.2 Å². The molecule has 0 aromatic heterocycles. The molecule has 0 unspecified atom stereocenters. The van der Waals surface area contributed by atoms with E-state index in [9.17, 15) is 9.59 Å². The van der Waals surface area contributed by atoms with Crippen molar-refractivity contribution in [2.24, 2.45) is 4.99 Å². The quantitative estimate of drug-likeness (QED) is 0.396. The van der Waals surface area contributed by atoms with Gasteiger partial charge in [-0.3, -0.25) is 14.6 Å². The summed E-state index contributed by atoms with van der Waals surface area (Å²) in [6.07, 6.45) is 2.34. The van der Waals surface area contributed by atoms with E-state index in [1.807, 2.05) is 53.4 Å². The zero-order valence-corrected chi connectivity index (χ0v) is 18.3. The predicted molar refractivity (Wildman–Crippen MR) is 125 cm³/mol. The number of guanidine groups is 1. The van der Waals surface area contributed by atoms with E-state index >= 15 is 0 Å². The number of hydrogen-bond donors (Lipinski definition) is 2. The predicted octanol–water partition coefficient (Wildman–Crippen LogP) is 2.29. The zero-order valence-electron chi connectivity index (χ0n) is 18.3. The van der Waals surface area contributed by atoms with Gasteiger partial charge in [0.15, 0.2) is 12.6 Å². The molecule has 0 radical (unpaired) electrons. The molecule has 2 aliphatic rings. The summed E-state index contributed by atoms with van der Waals surface area (Å²) >= 11 is 0. The van der Waals surface area contributed by atoms with E-state index in [1.54, 1.807) is 11.9 Å². The van der Waals surface area contributed by atoms with Crippen molar-refractivity contribution >= 4 is 29.1 Å². The van der Waals surface area contributed by atoms with Crippen LogP contribution in [-0.4, -0.2) is 51.1 Å². The average Bonchev–Trinajstić information content (AvgIpc) is 3.26. The molecule has 8 heteroatoms. The molecule has 0 bridgehead atoms. The summed E-state index contributed by atoms with van der Waals surface area (Å²) in [5.41, 5.74) is 2.89. The molecule has 0 atom stereocenters. The van der Waals surface area contributed by atoms with Crippen molar-refractivity contribution < 1.29 is 14.3 Å². The summed E-state index contributed by atoms with van der Waals surface area (Å²) in [7, 11) is 1.74. The Bertz CT molecular complexity index is 989. The van der Waals surface area contributed by atoms with Crippen LogP contribution in [0.4, 0.5) is 11.4 Å². The second-order valence-electron chi connectivity index (χ2n) is 7.82. The van der Waals surface area contributed by atoms with Gasteiger partial charge in [0.1, 0.15) is 5.75 Å². The summed E-state index contributed by atoms with van der Waals surface area (Å²) in [5, 5.41) is 6.60. The number of carbonyl (C=O) groups is 2. The van der Waals surface area contributed by atoms with Crippen LogP contribution in [0.5, 0.6) is 5.75 Å². The number of ether oxygens (including phenoxy) is 1. The van der Waals surface area contributed by atoms with Crippen LogP contribution in [0.15, 0.2) is 53.5 Å². The first-order chi connectivity index (χ1) is 15.7. The minimum atomic E-state index is -0.0229. The summed E-state index contributed by atoms with van der Waals surface area (Å²) in [4.78, 5) is 32.0. The Labute approximate surface area is 188 Å². The molecule has 1 saturated heterocycles. The third-order valence-electron chi connectivity index (χ3n) is 5.66. The van der Waals surface area contributed by atoms with Gasteiger partial charge >= 0.3 is 0 Å². The van der Waals surface area contributed by atoms with Crippen molar-refractivity contribution in [3.05, 3.63) is 54.1 Å². The average molecular weight is 436 g/mol. The van der Waals surface area contributed by atoms with Gasteiger partial charge in [0.05, 0.1) is 5.69 Å². The number of fused-ring (bicyclic) bond motifs is 1. The van der Waals surface area contributed by atoms with Gasteiger partial charge in [0.25, 0.3) is 5.91 Å². The Balaban J connectivity index is 1.22. The Morgan fingerprint density at radius 2 is 1.88 bits per heavy atom. The van der Waals surface area contributed by atoms with Crippen LogP contribution in [-0.2, 0) is 16.1 Å². The van der Waals surface area contributed by atoms with Crippen LogP contribution in [0.3, 0.4) is 0 Å². The lowest BCUT2D eigenvalue weighted by atomic mass is 10.2. The smallest absolute Gasteiger partial charge is 0.265 e. The Hall–Kier alpha value is -3.55. The van der Waals surface area contributed by atoms with Crippen molar-refractivity contribution in [2.45, 2.75) is 25.8 Å². The second-order valence-corrected chi connectivity index (χ2v) is 7.82. The summed E-state index contributed by atoms with van der Waals surface area (Å²) in [6, 6.07) is 15.7. The summed E-state index contributed by atoms with van der Waals surface area (Å²) < 4.78 is 5.49. The van der Waals surface area contributed by atoms with Crippen LogP contribution in [0.25, 0.3) is 0 Å². The number of para-hydroxylation sites is 2. The number of benzene rings is 2. The van der Waals surface area contributed by atoms with E-state index in [4.69, 9.17) is 4.74 Å². The lowest BCUT2D eigenvalue weighted by Gasteiger charge is -2.29. The van der Waals surface area contributed by atoms with Gasteiger partial charge in [-0.1, -0.05) is 24.3 Å².